The van der Waals surface area contributed by atoms with Gasteiger partial charge >= 0.3 is 6.03 Å². The lowest BCUT2D eigenvalue weighted by Gasteiger charge is -2.22. The van der Waals surface area contributed by atoms with Crippen molar-refractivity contribution in [3.05, 3.63) is 66.0 Å². The van der Waals surface area contributed by atoms with Gasteiger partial charge in [-0.15, -0.1) is 0 Å². The Balaban J connectivity index is 1.72. The molecular formula is C19H25N3O2. The van der Waals surface area contributed by atoms with Crippen molar-refractivity contribution in [3.8, 4) is 0 Å². The van der Waals surface area contributed by atoms with E-state index in [0.717, 1.165) is 25.0 Å². The quantitative estimate of drug-likeness (QED) is 0.694. The molecule has 0 aliphatic rings. The number of carbonyl (C=O) groups is 1. The van der Waals surface area contributed by atoms with E-state index in [-0.39, 0.29) is 12.6 Å². The molecule has 1 aromatic heterocycles. The van der Waals surface area contributed by atoms with E-state index in [4.69, 9.17) is 0 Å². The number of aliphatic hydroxyl groups is 1. The minimum absolute atomic E-state index is 0.0316. The third-order valence-electron chi connectivity index (χ3n) is 3.78. The Labute approximate surface area is 143 Å². The first-order chi connectivity index (χ1) is 11.8. The maximum atomic E-state index is 12.3. The van der Waals surface area contributed by atoms with Gasteiger partial charge in [-0.05, 0) is 37.0 Å². The van der Waals surface area contributed by atoms with Crippen LogP contribution in [0.25, 0.3) is 0 Å². The second-order valence-electron chi connectivity index (χ2n) is 5.60. The topological polar surface area (TPSA) is 65.5 Å². The Hall–Kier alpha value is -2.40. The fourth-order valence-corrected chi connectivity index (χ4v) is 2.47. The summed E-state index contributed by atoms with van der Waals surface area (Å²) in [5, 5.41) is 12.1. The summed E-state index contributed by atoms with van der Waals surface area (Å²) in [4.78, 5) is 18.2. The van der Waals surface area contributed by atoms with E-state index in [1.165, 1.54) is 5.56 Å². The van der Waals surface area contributed by atoms with Crippen LogP contribution < -0.4 is 5.32 Å². The van der Waals surface area contributed by atoms with E-state index in [0.29, 0.717) is 19.6 Å². The van der Waals surface area contributed by atoms with Crippen molar-refractivity contribution in [1.82, 2.24) is 15.2 Å². The van der Waals surface area contributed by atoms with E-state index in [2.05, 4.69) is 10.3 Å². The van der Waals surface area contributed by atoms with Crippen LogP contribution in [0.3, 0.4) is 0 Å². The molecule has 0 saturated carbocycles. The third-order valence-corrected chi connectivity index (χ3v) is 3.78. The number of hydrogen-bond acceptors (Lipinski definition) is 3. The van der Waals surface area contributed by atoms with E-state index >= 15 is 0 Å². The summed E-state index contributed by atoms with van der Waals surface area (Å²) < 4.78 is 0. The van der Waals surface area contributed by atoms with Gasteiger partial charge in [0.1, 0.15) is 0 Å². The number of pyridine rings is 1. The number of rotatable bonds is 9. The summed E-state index contributed by atoms with van der Waals surface area (Å²) in [6.07, 6.45) is 4.24. The summed E-state index contributed by atoms with van der Waals surface area (Å²) in [5.74, 6) is 0. The molecule has 0 fully saturated rings. The van der Waals surface area contributed by atoms with Crippen LogP contribution in [0.2, 0.25) is 0 Å². The lowest BCUT2D eigenvalue weighted by Crippen LogP contribution is -2.43. The van der Waals surface area contributed by atoms with E-state index in [1.807, 2.05) is 48.5 Å². The highest BCUT2D eigenvalue weighted by Crippen LogP contribution is 2.02. The average Bonchev–Trinajstić information content (AvgIpc) is 2.64. The van der Waals surface area contributed by atoms with E-state index in [9.17, 15) is 9.90 Å². The minimum Gasteiger partial charge on any atom is -0.395 e. The van der Waals surface area contributed by atoms with Crippen LogP contribution in [0.15, 0.2) is 54.7 Å². The standard InChI is InChI=1S/C19H25N3O2/c23-16-15-22(14-11-17-7-2-1-3-8-17)19(24)21-13-6-10-18-9-4-5-12-20-18/h1-5,7-9,12,23H,6,10-11,13-16H2,(H,21,24). The summed E-state index contributed by atoms with van der Waals surface area (Å²) in [6.45, 7) is 1.51. The highest BCUT2D eigenvalue weighted by Gasteiger charge is 2.12. The monoisotopic (exact) mass is 327 g/mol. The summed E-state index contributed by atoms with van der Waals surface area (Å²) >= 11 is 0. The Morgan fingerprint density at radius 1 is 1.04 bits per heavy atom. The van der Waals surface area contributed by atoms with Crippen LogP contribution in [0, 0.1) is 0 Å². The third kappa shape index (κ3) is 6.38. The van der Waals surface area contributed by atoms with Crippen LogP contribution in [-0.2, 0) is 12.8 Å². The first-order valence-corrected chi connectivity index (χ1v) is 8.37. The van der Waals surface area contributed by atoms with Crippen molar-refractivity contribution in [3.63, 3.8) is 0 Å². The Kier molecular flexibility index (Phi) is 7.77. The van der Waals surface area contributed by atoms with Crippen molar-refractivity contribution < 1.29 is 9.90 Å². The molecule has 128 valence electrons. The van der Waals surface area contributed by atoms with E-state index < -0.39 is 0 Å². The molecule has 0 atom stereocenters. The highest BCUT2D eigenvalue weighted by atomic mass is 16.3. The normalized spacial score (nSPS) is 10.4. The zero-order valence-corrected chi connectivity index (χ0v) is 13.9. The first-order valence-electron chi connectivity index (χ1n) is 8.37. The first kappa shape index (κ1) is 17.9. The van der Waals surface area contributed by atoms with E-state index in [1.54, 1.807) is 11.1 Å². The van der Waals surface area contributed by atoms with Gasteiger partial charge in [-0.1, -0.05) is 36.4 Å². The van der Waals surface area contributed by atoms with Gasteiger partial charge in [-0.3, -0.25) is 4.98 Å². The Morgan fingerprint density at radius 2 is 1.83 bits per heavy atom. The van der Waals surface area contributed by atoms with Crippen molar-refractivity contribution in [2.24, 2.45) is 0 Å². The maximum Gasteiger partial charge on any atom is 0.317 e. The molecule has 24 heavy (non-hydrogen) atoms. The Morgan fingerprint density at radius 3 is 2.54 bits per heavy atom. The molecule has 0 spiro atoms. The average molecular weight is 327 g/mol. The van der Waals surface area contributed by atoms with Gasteiger partial charge in [0.25, 0.3) is 0 Å². The van der Waals surface area contributed by atoms with Crippen molar-refractivity contribution in [2.75, 3.05) is 26.2 Å². The number of aryl methyl sites for hydroxylation is 1. The number of urea groups is 1. The molecule has 0 saturated heterocycles. The van der Waals surface area contributed by atoms with Crippen LogP contribution in [-0.4, -0.2) is 47.3 Å². The lowest BCUT2D eigenvalue weighted by atomic mass is 10.1. The minimum atomic E-state index is -0.124. The van der Waals surface area contributed by atoms with Crippen LogP contribution in [0.4, 0.5) is 4.79 Å². The number of benzene rings is 1. The molecule has 2 N–H and O–H groups in total. The summed E-state index contributed by atoms with van der Waals surface area (Å²) in [6, 6.07) is 15.8. The number of amides is 2. The van der Waals surface area contributed by atoms with Gasteiger partial charge in [-0.2, -0.15) is 0 Å². The molecule has 0 aliphatic carbocycles. The number of carbonyl (C=O) groups excluding carboxylic acids is 1. The number of nitrogens with zero attached hydrogens (tertiary/aromatic N) is 2. The molecule has 2 amide bonds. The van der Waals surface area contributed by atoms with Gasteiger partial charge < -0.3 is 15.3 Å². The smallest absolute Gasteiger partial charge is 0.317 e. The van der Waals surface area contributed by atoms with Gasteiger partial charge in [0.15, 0.2) is 0 Å². The van der Waals surface area contributed by atoms with Crippen LogP contribution in [0.5, 0.6) is 0 Å². The number of aromatic nitrogens is 1. The molecule has 0 bridgehead atoms. The van der Waals surface area contributed by atoms with Gasteiger partial charge in [0.2, 0.25) is 0 Å². The summed E-state index contributed by atoms with van der Waals surface area (Å²) in [7, 11) is 0. The van der Waals surface area contributed by atoms with Gasteiger partial charge in [0.05, 0.1) is 6.61 Å². The number of nitrogens with one attached hydrogen (secondary N) is 1. The maximum absolute atomic E-state index is 12.3. The predicted molar refractivity (Wildman–Crippen MR) is 94.8 cm³/mol. The molecule has 2 aromatic rings. The molecule has 1 aromatic carbocycles. The fourth-order valence-electron chi connectivity index (χ4n) is 2.47. The van der Waals surface area contributed by atoms with Gasteiger partial charge in [0, 0.05) is 31.5 Å². The summed E-state index contributed by atoms with van der Waals surface area (Å²) in [5.41, 5.74) is 2.21. The molecule has 0 unspecified atom stereocenters. The van der Waals surface area contributed by atoms with Gasteiger partial charge in [-0.25, -0.2) is 4.79 Å². The Bertz CT molecular complexity index is 590. The number of hydrogen-bond donors (Lipinski definition) is 2. The largest absolute Gasteiger partial charge is 0.395 e. The molecule has 5 heteroatoms. The van der Waals surface area contributed by atoms with Crippen LogP contribution in [0.1, 0.15) is 17.7 Å². The molecule has 0 aliphatic heterocycles. The van der Waals surface area contributed by atoms with Crippen molar-refractivity contribution in [2.45, 2.75) is 19.3 Å². The number of aliphatic hydroxyl groups excluding tert-OH is 1. The molecular weight excluding hydrogens is 302 g/mol. The second kappa shape index (κ2) is 10.4. The zero-order chi connectivity index (χ0) is 17.0. The molecule has 2 rings (SSSR count). The molecule has 5 nitrogen and oxygen atoms in total. The predicted octanol–water partition coefficient (Wildman–Crippen LogP) is 2.26. The fraction of sp³-hybridized carbons (Fsp3) is 0.368. The highest BCUT2D eigenvalue weighted by molar-refractivity contribution is 5.74. The molecule has 1 heterocycles. The van der Waals surface area contributed by atoms with Crippen LogP contribution >= 0.6 is 0 Å². The second-order valence-corrected chi connectivity index (χ2v) is 5.60. The zero-order valence-electron chi connectivity index (χ0n) is 13.9. The van der Waals surface area contributed by atoms with Crippen molar-refractivity contribution >= 4 is 6.03 Å². The van der Waals surface area contributed by atoms with Crippen molar-refractivity contribution in [1.29, 1.82) is 0 Å². The SMILES string of the molecule is O=C(NCCCc1ccccn1)N(CCO)CCc1ccccc1. The molecule has 0 radical (unpaired) electrons. The lowest BCUT2D eigenvalue weighted by molar-refractivity contribution is 0.178.